The number of carbonyl (C=O) groups is 1. The van der Waals surface area contributed by atoms with E-state index in [1.54, 1.807) is 24.5 Å². The molecule has 0 spiro atoms. The molecule has 1 heterocycles. The number of pyridine rings is 1. The van der Waals surface area contributed by atoms with Crippen LogP contribution in [0.3, 0.4) is 0 Å². The number of hydrogen-bond acceptors (Lipinski definition) is 5. The van der Waals surface area contributed by atoms with Crippen molar-refractivity contribution >= 4 is 11.6 Å². The molecule has 1 N–H and O–H groups in total. The van der Waals surface area contributed by atoms with Crippen LogP contribution in [0, 0.1) is 10.1 Å². The first kappa shape index (κ1) is 15.4. The molecule has 2 rings (SSSR count). The van der Waals surface area contributed by atoms with Gasteiger partial charge in [0.25, 0.3) is 5.91 Å². The third-order valence-corrected chi connectivity index (χ3v) is 3.19. The van der Waals surface area contributed by atoms with Crippen molar-refractivity contribution in [3.05, 3.63) is 64.0 Å². The topological polar surface area (TPSA) is 94.4 Å². The zero-order valence-electron chi connectivity index (χ0n) is 12.1. The lowest BCUT2D eigenvalue weighted by atomic mass is 10.1. The lowest BCUT2D eigenvalue weighted by Gasteiger charge is -2.14. The van der Waals surface area contributed by atoms with Gasteiger partial charge in [-0.15, -0.1) is 0 Å². The fourth-order valence-corrected chi connectivity index (χ4v) is 1.99. The number of nitro benzene ring substituents is 1. The Morgan fingerprint density at radius 1 is 1.32 bits per heavy atom. The van der Waals surface area contributed by atoms with Crippen LogP contribution in [0.25, 0.3) is 0 Å². The van der Waals surface area contributed by atoms with Crippen molar-refractivity contribution in [2.45, 2.75) is 13.0 Å². The third-order valence-electron chi connectivity index (χ3n) is 3.19. The van der Waals surface area contributed by atoms with Gasteiger partial charge >= 0.3 is 5.69 Å². The van der Waals surface area contributed by atoms with Gasteiger partial charge in [-0.3, -0.25) is 19.9 Å². The predicted molar refractivity (Wildman–Crippen MR) is 79.8 cm³/mol. The number of hydrogen-bond donors (Lipinski definition) is 1. The van der Waals surface area contributed by atoms with E-state index in [0.717, 1.165) is 5.56 Å². The van der Waals surface area contributed by atoms with E-state index in [4.69, 9.17) is 4.74 Å². The van der Waals surface area contributed by atoms with Crippen LogP contribution in [-0.2, 0) is 0 Å². The maximum atomic E-state index is 12.2. The highest BCUT2D eigenvalue weighted by Gasteiger charge is 2.19. The fraction of sp³-hybridized carbons (Fsp3) is 0.200. The van der Waals surface area contributed by atoms with Crippen LogP contribution in [0.2, 0.25) is 0 Å². The van der Waals surface area contributed by atoms with Gasteiger partial charge in [0, 0.05) is 24.0 Å². The number of nitrogens with one attached hydrogen (secondary N) is 1. The van der Waals surface area contributed by atoms with Gasteiger partial charge in [0.05, 0.1) is 18.1 Å². The second kappa shape index (κ2) is 6.66. The van der Waals surface area contributed by atoms with Crippen LogP contribution < -0.4 is 10.1 Å². The minimum Gasteiger partial charge on any atom is -0.490 e. The van der Waals surface area contributed by atoms with Crippen molar-refractivity contribution in [1.29, 1.82) is 0 Å². The number of rotatable bonds is 5. The number of carbonyl (C=O) groups excluding carboxylic acids is 1. The maximum absolute atomic E-state index is 12.2. The molecule has 2 aromatic rings. The summed E-state index contributed by atoms with van der Waals surface area (Å²) >= 11 is 0. The van der Waals surface area contributed by atoms with E-state index in [0.29, 0.717) is 0 Å². The number of methoxy groups -OCH3 is 1. The number of benzene rings is 1. The number of nitro groups is 1. The molecule has 1 atom stereocenters. The summed E-state index contributed by atoms with van der Waals surface area (Å²) in [7, 11) is 1.34. The van der Waals surface area contributed by atoms with E-state index in [2.05, 4.69) is 10.3 Å². The van der Waals surface area contributed by atoms with Crippen LogP contribution in [0.5, 0.6) is 5.75 Å². The minimum atomic E-state index is -0.581. The zero-order valence-corrected chi connectivity index (χ0v) is 12.1. The molecular formula is C15H15N3O4. The first-order valence-electron chi connectivity index (χ1n) is 6.56. The average Bonchev–Trinajstić information content (AvgIpc) is 2.54. The second-order valence-corrected chi connectivity index (χ2v) is 4.62. The molecule has 7 heteroatoms. The molecule has 1 aromatic heterocycles. The highest BCUT2D eigenvalue weighted by Crippen LogP contribution is 2.27. The van der Waals surface area contributed by atoms with Crippen LogP contribution in [0.1, 0.15) is 28.9 Å². The first-order valence-corrected chi connectivity index (χ1v) is 6.56. The molecule has 1 amide bonds. The Bertz CT molecular complexity index is 688. The van der Waals surface area contributed by atoms with Crippen LogP contribution in [0.15, 0.2) is 42.7 Å². The van der Waals surface area contributed by atoms with Gasteiger partial charge in [-0.25, -0.2) is 0 Å². The summed E-state index contributed by atoms with van der Waals surface area (Å²) < 4.78 is 4.91. The quantitative estimate of drug-likeness (QED) is 0.676. The molecule has 1 aromatic carbocycles. The van der Waals surface area contributed by atoms with Gasteiger partial charge in [0.1, 0.15) is 0 Å². The van der Waals surface area contributed by atoms with Gasteiger partial charge in [0.15, 0.2) is 5.75 Å². The Hall–Kier alpha value is -2.96. The van der Waals surface area contributed by atoms with Gasteiger partial charge in [0.2, 0.25) is 0 Å². The van der Waals surface area contributed by atoms with Gasteiger partial charge in [-0.1, -0.05) is 0 Å². The van der Waals surface area contributed by atoms with Crippen molar-refractivity contribution in [3.63, 3.8) is 0 Å². The van der Waals surface area contributed by atoms with Crippen molar-refractivity contribution in [3.8, 4) is 5.75 Å². The standard InChI is InChI=1S/C15H15N3O4/c1-10(11-5-7-16-8-6-11)17-15(19)12-3-4-14(22-2)13(9-12)18(20)21/h3-10H,1-2H3,(H,17,19). The Morgan fingerprint density at radius 2 is 2.00 bits per heavy atom. The third kappa shape index (κ3) is 3.38. The molecule has 0 aliphatic carbocycles. The zero-order chi connectivity index (χ0) is 16.1. The summed E-state index contributed by atoms with van der Waals surface area (Å²) in [5, 5.41) is 13.8. The molecule has 0 saturated carbocycles. The molecule has 0 bridgehead atoms. The molecule has 22 heavy (non-hydrogen) atoms. The lowest BCUT2D eigenvalue weighted by molar-refractivity contribution is -0.385. The van der Waals surface area contributed by atoms with Crippen molar-refractivity contribution in [2.24, 2.45) is 0 Å². The predicted octanol–water partition coefficient (Wildman–Crippen LogP) is 2.49. The van der Waals surface area contributed by atoms with E-state index in [9.17, 15) is 14.9 Å². The Labute approximate surface area is 127 Å². The molecule has 0 radical (unpaired) electrons. The average molecular weight is 301 g/mol. The SMILES string of the molecule is COc1ccc(C(=O)NC(C)c2ccncc2)cc1[N+](=O)[O-]. The number of ether oxygens (including phenoxy) is 1. The summed E-state index contributed by atoms with van der Waals surface area (Å²) in [6, 6.07) is 7.44. The van der Waals surface area contributed by atoms with E-state index in [1.807, 2.05) is 6.92 Å². The van der Waals surface area contributed by atoms with E-state index in [1.165, 1.54) is 25.3 Å². The molecular weight excluding hydrogens is 286 g/mol. The molecule has 114 valence electrons. The monoisotopic (exact) mass is 301 g/mol. The molecule has 0 aliphatic heterocycles. The van der Waals surface area contributed by atoms with Gasteiger partial charge in [-0.2, -0.15) is 0 Å². The smallest absolute Gasteiger partial charge is 0.311 e. The maximum Gasteiger partial charge on any atom is 0.311 e. The molecule has 1 unspecified atom stereocenters. The Balaban J connectivity index is 2.19. The summed E-state index contributed by atoms with van der Waals surface area (Å²) in [4.78, 5) is 26.5. The number of aromatic nitrogens is 1. The highest BCUT2D eigenvalue weighted by atomic mass is 16.6. The fourth-order valence-electron chi connectivity index (χ4n) is 1.99. The van der Waals surface area contributed by atoms with Crippen molar-refractivity contribution < 1.29 is 14.5 Å². The molecule has 7 nitrogen and oxygen atoms in total. The van der Waals surface area contributed by atoms with Gasteiger partial charge < -0.3 is 10.1 Å². The second-order valence-electron chi connectivity index (χ2n) is 4.62. The molecule has 0 aliphatic rings. The molecule has 0 saturated heterocycles. The normalized spacial score (nSPS) is 11.5. The lowest BCUT2D eigenvalue weighted by Crippen LogP contribution is -2.26. The Kier molecular flexibility index (Phi) is 4.67. The summed E-state index contributed by atoms with van der Waals surface area (Å²) in [5.41, 5.74) is 0.853. The van der Waals surface area contributed by atoms with E-state index in [-0.39, 0.29) is 23.0 Å². The highest BCUT2D eigenvalue weighted by molar-refractivity contribution is 5.95. The minimum absolute atomic E-state index is 0.115. The van der Waals surface area contributed by atoms with E-state index >= 15 is 0 Å². The van der Waals surface area contributed by atoms with Crippen LogP contribution in [0.4, 0.5) is 5.69 Å². The van der Waals surface area contributed by atoms with Crippen molar-refractivity contribution in [2.75, 3.05) is 7.11 Å². The van der Waals surface area contributed by atoms with E-state index < -0.39 is 10.8 Å². The number of nitrogens with zero attached hydrogens (tertiary/aromatic N) is 2. The summed E-state index contributed by atoms with van der Waals surface area (Å²) in [6.07, 6.45) is 3.27. The number of amides is 1. The largest absolute Gasteiger partial charge is 0.490 e. The summed E-state index contributed by atoms with van der Waals surface area (Å²) in [6.45, 7) is 1.82. The van der Waals surface area contributed by atoms with Crippen LogP contribution >= 0.6 is 0 Å². The Morgan fingerprint density at radius 3 is 2.59 bits per heavy atom. The van der Waals surface area contributed by atoms with Gasteiger partial charge in [-0.05, 0) is 36.8 Å². The molecule has 0 fully saturated rings. The summed E-state index contributed by atoms with van der Waals surface area (Å²) in [5.74, 6) is -0.279. The van der Waals surface area contributed by atoms with Crippen molar-refractivity contribution in [1.82, 2.24) is 10.3 Å². The first-order chi connectivity index (χ1) is 10.5. The van der Waals surface area contributed by atoms with Crippen LogP contribution in [-0.4, -0.2) is 22.9 Å².